The van der Waals surface area contributed by atoms with Crippen molar-refractivity contribution in [1.29, 1.82) is 0 Å². The molecule has 2 N–H and O–H groups in total. The maximum absolute atomic E-state index is 5.78. The first-order valence-corrected chi connectivity index (χ1v) is 7.65. The van der Waals surface area contributed by atoms with Gasteiger partial charge >= 0.3 is 0 Å². The molecular weight excluding hydrogens is 266 g/mol. The minimum Gasteiger partial charge on any atom is -0.494 e. The van der Waals surface area contributed by atoms with Crippen molar-refractivity contribution in [1.82, 2.24) is 0 Å². The zero-order chi connectivity index (χ0) is 15.5. The molecule has 2 nitrogen and oxygen atoms in total. The van der Waals surface area contributed by atoms with E-state index < -0.39 is 0 Å². The van der Waals surface area contributed by atoms with Crippen LogP contribution in [0.2, 0.25) is 0 Å². The van der Waals surface area contributed by atoms with E-state index in [-0.39, 0.29) is 11.3 Å². The van der Waals surface area contributed by atoms with Crippen molar-refractivity contribution < 1.29 is 4.74 Å². The SMILES string of the molecule is CCOc1ccc(C(C)C(C)C(N)=S)cc1C(C)(C)C. The van der Waals surface area contributed by atoms with Gasteiger partial charge < -0.3 is 10.5 Å². The highest BCUT2D eigenvalue weighted by Gasteiger charge is 2.23. The largest absolute Gasteiger partial charge is 0.494 e. The first kappa shape index (κ1) is 17.0. The molecule has 3 heteroatoms. The van der Waals surface area contributed by atoms with Crippen LogP contribution in [0, 0.1) is 5.92 Å². The molecule has 1 aromatic rings. The van der Waals surface area contributed by atoms with Gasteiger partial charge in [0.1, 0.15) is 5.75 Å². The van der Waals surface area contributed by atoms with E-state index in [0.717, 1.165) is 5.75 Å². The van der Waals surface area contributed by atoms with E-state index in [0.29, 0.717) is 17.5 Å². The van der Waals surface area contributed by atoms with Crippen molar-refractivity contribution in [2.75, 3.05) is 6.61 Å². The summed E-state index contributed by atoms with van der Waals surface area (Å²) in [5, 5.41) is 0. The number of rotatable bonds is 5. The highest BCUT2D eigenvalue weighted by atomic mass is 32.1. The Morgan fingerprint density at radius 1 is 1.30 bits per heavy atom. The third-order valence-electron chi connectivity index (χ3n) is 3.84. The van der Waals surface area contributed by atoms with Gasteiger partial charge in [0.2, 0.25) is 0 Å². The van der Waals surface area contributed by atoms with E-state index >= 15 is 0 Å². The first-order valence-electron chi connectivity index (χ1n) is 7.25. The number of thiocarbonyl (C=S) groups is 1. The van der Waals surface area contributed by atoms with Crippen LogP contribution in [0.15, 0.2) is 18.2 Å². The summed E-state index contributed by atoms with van der Waals surface area (Å²) in [4.78, 5) is 0.573. The Labute approximate surface area is 128 Å². The Morgan fingerprint density at radius 2 is 1.90 bits per heavy atom. The van der Waals surface area contributed by atoms with Crippen LogP contribution < -0.4 is 10.5 Å². The zero-order valence-electron chi connectivity index (χ0n) is 13.5. The fraction of sp³-hybridized carbons (Fsp3) is 0.588. The van der Waals surface area contributed by atoms with Crippen LogP contribution in [0.1, 0.15) is 58.6 Å². The van der Waals surface area contributed by atoms with E-state index in [2.05, 4.69) is 52.8 Å². The van der Waals surface area contributed by atoms with Crippen LogP contribution in [0.25, 0.3) is 0 Å². The summed E-state index contributed by atoms with van der Waals surface area (Å²) >= 11 is 5.12. The van der Waals surface area contributed by atoms with Gasteiger partial charge in [-0.05, 0) is 35.4 Å². The topological polar surface area (TPSA) is 35.2 Å². The van der Waals surface area contributed by atoms with Gasteiger partial charge in [0.05, 0.1) is 11.6 Å². The lowest BCUT2D eigenvalue weighted by Crippen LogP contribution is -2.23. The molecule has 0 aliphatic carbocycles. The molecule has 112 valence electrons. The van der Waals surface area contributed by atoms with E-state index in [1.807, 2.05) is 6.92 Å². The molecule has 1 aromatic carbocycles. The third kappa shape index (κ3) is 3.95. The molecule has 2 unspecified atom stereocenters. The predicted octanol–water partition coefficient (Wildman–Crippen LogP) is 4.41. The van der Waals surface area contributed by atoms with E-state index in [4.69, 9.17) is 22.7 Å². The summed E-state index contributed by atoms with van der Waals surface area (Å²) in [6.45, 7) is 13.6. The van der Waals surface area contributed by atoms with Crippen LogP contribution in [0.3, 0.4) is 0 Å². The van der Waals surface area contributed by atoms with Crippen LogP contribution in [-0.4, -0.2) is 11.6 Å². The Kier molecular flexibility index (Phi) is 5.58. The molecule has 0 aliphatic rings. The second-order valence-corrected chi connectivity index (χ2v) is 6.89. The number of ether oxygens (including phenoxy) is 1. The maximum atomic E-state index is 5.78. The Balaban J connectivity index is 3.22. The van der Waals surface area contributed by atoms with Gasteiger partial charge in [-0.25, -0.2) is 0 Å². The van der Waals surface area contributed by atoms with E-state index in [1.165, 1.54) is 11.1 Å². The zero-order valence-corrected chi connectivity index (χ0v) is 14.3. The highest BCUT2D eigenvalue weighted by molar-refractivity contribution is 7.80. The van der Waals surface area contributed by atoms with Gasteiger partial charge in [0, 0.05) is 5.92 Å². The van der Waals surface area contributed by atoms with Crippen LogP contribution in [-0.2, 0) is 5.41 Å². The Bertz CT molecular complexity index is 476. The Hall–Kier alpha value is -1.09. The monoisotopic (exact) mass is 293 g/mol. The molecule has 0 fully saturated rings. The number of benzene rings is 1. The van der Waals surface area contributed by atoms with Gasteiger partial charge in [-0.1, -0.05) is 59.0 Å². The van der Waals surface area contributed by atoms with Crippen molar-refractivity contribution in [3.8, 4) is 5.75 Å². The summed E-state index contributed by atoms with van der Waals surface area (Å²) in [6, 6.07) is 6.44. The fourth-order valence-electron chi connectivity index (χ4n) is 2.23. The van der Waals surface area contributed by atoms with Crippen LogP contribution in [0.4, 0.5) is 0 Å². The molecule has 1 rings (SSSR count). The summed E-state index contributed by atoms with van der Waals surface area (Å²) in [5.41, 5.74) is 8.33. The van der Waals surface area contributed by atoms with E-state index in [9.17, 15) is 0 Å². The molecule has 0 heterocycles. The number of hydrogen-bond acceptors (Lipinski definition) is 2. The summed E-state index contributed by atoms with van der Waals surface area (Å²) in [5.74, 6) is 1.47. The summed E-state index contributed by atoms with van der Waals surface area (Å²) in [6.07, 6.45) is 0. The smallest absolute Gasteiger partial charge is 0.123 e. The first-order chi connectivity index (χ1) is 9.18. The van der Waals surface area contributed by atoms with Crippen LogP contribution >= 0.6 is 12.2 Å². The molecule has 0 bridgehead atoms. The lowest BCUT2D eigenvalue weighted by atomic mass is 9.81. The molecule has 0 saturated heterocycles. The third-order valence-corrected chi connectivity index (χ3v) is 4.21. The van der Waals surface area contributed by atoms with Gasteiger partial charge in [-0.2, -0.15) is 0 Å². The molecule has 2 atom stereocenters. The average molecular weight is 293 g/mol. The van der Waals surface area contributed by atoms with Gasteiger partial charge in [-0.15, -0.1) is 0 Å². The van der Waals surface area contributed by atoms with Crippen molar-refractivity contribution in [2.45, 2.75) is 52.9 Å². The van der Waals surface area contributed by atoms with Crippen LogP contribution in [0.5, 0.6) is 5.75 Å². The molecule has 20 heavy (non-hydrogen) atoms. The molecule has 0 radical (unpaired) electrons. The lowest BCUT2D eigenvalue weighted by Gasteiger charge is -2.26. The predicted molar refractivity (Wildman–Crippen MR) is 90.7 cm³/mol. The molecule has 0 spiro atoms. The molecule has 0 aromatic heterocycles. The normalized spacial score (nSPS) is 14.7. The molecular formula is C17H27NOS. The minimum atomic E-state index is 0.0483. The van der Waals surface area contributed by atoms with E-state index in [1.54, 1.807) is 0 Å². The lowest BCUT2D eigenvalue weighted by molar-refractivity contribution is 0.329. The second kappa shape index (κ2) is 6.57. The second-order valence-electron chi connectivity index (χ2n) is 6.42. The summed E-state index contributed by atoms with van der Waals surface area (Å²) in [7, 11) is 0. The van der Waals surface area contributed by atoms with Crippen molar-refractivity contribution >= 4 is 17.2 Å². The Morgan fingerprint density at radius 3 is 2.35 bits per heavy atom. The van der Waals surface area contributed by atoms with Crippen molar-refractivity contribution in [3.05, 3.63) is 29.3 Å². The fourth-order valence-corrected chi connectivity index (χ4v) is 2.44. The molecule has 0 saturated carbocycles. The van der Waals surface area contributed by atoms with Crippen molar-refractivity contribution in [2.24, 2.45) is 11.7 Å². The quantitative estimate of drug-likeness (QED) is 0.817. The summed E-state index contributed by atoms with van der Waals surface area (Å²) < 4.78 is 5.76. The van der Waals surface area contributed by atoms with Gasteiger partial charge in [-0.3, -0.25) is 0 Å². The molecule has 0 aliphatic heterocycles. The van der Waals surface area contributed by atoms with Crippen molar-refractivity contribution in [3.63, 3.8) is 0 Å². The van der Waals surface area contributed by atoms with Gasteiger partial charge in [0.25, 0.3) is 0 Å². The minimum absolute atomic E-state index is 0.0483. The number of hydrogen-bond donors (Lipinski definition) is 1. The maximum Gasteiger partial charge on any atom is 0.123 e. The standard InChI is InChI=1S/C17H27NOS/c1-7-19-15-9-8-13(10-14(15)17(4,5)6)11(2)12(3)16(18)20/h8-12H,7H2,1-6H3,(H2,18,20). The average Bonchev–Trinajstić information content (AvgIpc) is 2.36. The molecule has 0 amide bonds. The van der Waals surface area contributed by atoms with Gasteiger partial charge in [0.15, 0.2) is 0 Å². The highest BCUT2D eigenvalue weighted by Crippen LogP contribution is 2.35. The number of nitrogens with two attached hydrogens (primary N) is 1.